The molecule has 0 spiro atoms. The van der Waals surface area contributed by atoms with Crippen molar-refractivity contribution < 1.29 is 13.9 Å². The predicted molar refractivity (Wildman–Crippen MR) is 81.6 cm³/mol. The van der Waals surface area contributed by atoms with E-state index < -0.39 is 11.9 Å². The monoisotopic (exact) mass is 301 g/mol. The Morgan fingerprint density at radius 3 is 2.55 bits per heavy atom. The Bertz CT molecular complexity index is 687. The van der Waals surface area contributed by atoms with E-state index in [9.17, 15) is 9.18 Å². The summed E-state index contributed by atoms with van der Waals surface area (Å²) in [5.41, 5.74) is 12.6. The van der Waals surface area contributed by atoms with Crippen molar-refractivity contribution >= 4 is 11.9 Å². The van der Waals surface area contributed by atoms with Crippen molar-refractivity contribution in [2.45, 2.75) is 13.2 Å². The average Bonchev–Trinajstić information content (AvgIpc) is 2.53. The van der Waals surface area contributed by atoms with E-state index in [0.29, 0.717) is 11.1 Å². The van der Waals surface area contributed by atoms with Crippen LogP contribution in [0.25, 0.3) is 0 Å². The van der Waals surface area contributed by atoms with Gasteiger partial charge in [0, 0.05) is 17.7 Å². The van der Waals surface area contributed by atoms with Crippen LogP contribution in [0.15, 0.2) is 53.5 Å². The number of ether oxygens (including phenoxy) is 1. The number of nitrogens with zero attached hydrogens (tertiary/aromatic N) is 1. The molecule has 0 saturated heterocycles. The van der Waals surface area contributed by atoms with Gasteiger partial charge < -0.3 is 16.2 Å². The Hall–Kier alpha value is -2.73. The van der Waals surface area contributed by atoms with E-state index >= 15 is 0 Å². The fourth-order valence-electron chi connectivity index (χ4n) is 1.79. The molecule has 2 aromatic rings. The van der Waals surface area contributed by atoms with Crippen molar-refractivity contribution in [2.75, 3.05) is 0 Å². The number of rotatable bonds is 4. The van der Waals surface area contributed by atoms with Crippen LogP contribution < -0.4 is 11.5 Å². The molecule has 4 N–H and O–H groups in total. The van der Waals surface area contributed by atoms with Crippen molar-refractivity contribution in [3.63, 3.8) is 0 Å². The Labute approximate surface area is 127 Å². The number of carbonyl (C=O) groups excluding carboxylic acids is 1. The molecule has 2 rings (SSSR count). The molecule has 0 fully saturated rings. The number of benzene rings is 2. The van der Waals surface area contributed by atoms with Gasteiger partial charge in [-0.25, -0.2) is 9.18 Å². The van der Waals surface area contributed by atoms with Gasteiger partial charge in [-0.2, -0.15) is 4.99 Å². The van der Waals surface area contributed by atoms with Crippen molar-refractivity contribution in [3.05, 3.63) is 71.0 Å². The normalized spacial score (nSPS) is 11.3. The van der Waals surface area contributed by atoms with E-state index in [0.717, 1.165) is 5.56 Å². The van der Waals surface area contributed by atoms with Gasteiger partial charge in [-0.05, 0) is 11.6 Å². The summed E-state index contributed by atoms with van der Waals surface area (Å²) in [5.74, 6) is -0.601. The molecule has 0 saturated carbocycles. The Kier molecular flexibility index (Phi) is 5.21. The molecule has 0 aromatic heterocycles. The van der Waals surface area contributed by atoms with Gasteiger partial charge in [-0.3, -0.25) is 0 Å². The van der Waals surface area contributed by atoms with Gasteiger partial charge in [0.25, 0.3) is 0 Å². The van der Waals surface area contributed by atoms with Crippen LogP contribution >= 0.6 is 0 Å². The smallest absolute Gasteiger partial charge is 0.435 e. The zero-order valence-corrected chi connectivity index (χ0v) is 11.8. The van der Waals surface area contributed by atoms with Crippen molar-refractivity contribution in [2.24, 2.45) is 16.5 Å². The van der Waals surface area contributed by atoms with E-state index in [4.69, 9.17) is 16.2 Å². The summed E-state index contributed by atoms with van der Waals surface area (Å²) in [4.78, 5) is 15.2. The van der Waals surface area contributed by atoms with Crippen molar-refractivity contribution in [1.82, 2.24) is 0 Å². The topological polar surface area (TPSA) is 90.7 Å². The quantitative estimate of drug-likeness (QED) is 0.670. The maximum Gasteiger partial charge on any atom is 0.435 e. The highest BCUT2D eigenvalue weighted by atomic mass is 19.1. The standard InChI is InChI=1S/C16H16FN3O2/c17-14-8-12(6-7-13(14)9-18)15(19)20-16(21)22-10-11-4-2-1-3-5-11/h1-8H,9-10,18H2,(H2,19,20,21). The third kappa shape index (κ3) is 4.13. The number of carbonyl (C=O) groups is 1. The predicted octanol–water partition coefficient (Wildman–Crippen LogP) is 2.33. The lowest BCUT2D eigenvalue weighted by atomic mass is 10.1. The molecule has 1 amide bonds. The summed E-state index contributed by atoms with van der Waals surface area (Å²) in [6, 6.07) is 13.4. The SMILES string of the molecule is NCc1ccc(C(N)=NC(=O)OCc2ccccc2)cc1F. The van der Waals surface area contributed by atoms with E-state index in [-0.39, 0.29) is 19.0 Å². The number of nitrogens with two attached hydrogens (primary N) is 2. The van der Waals surface area contributed by atoms with Gasteiger partial charge in [0.2, 0.25) is 0 Å². The third-order valence-corrected chi connectivity index (χ3v) is 2.99. The number of amidine groups is 1. The molecule has 0 bridgehead atoms. The molecule has 2 aromatic carbocycles. The van der Waals surface area contributed by atoms with Gasteiger partial charge in [0.15, 0.2) is 0 Å². The van der Waals surface area contributed by atoms with Crippen molar-refractivity contribution in [3.8, 4) is 0 Å². The summed E-state index contributed by atoms with van der Waals surface area (Å²) in [5, 5.41) is 0. The molecule has 0 aliphatic rings. The van der Waals surface area contributed by atoms with Crippen LogP contribution in [0.1, 0.15) is 16.7 Å². The van der Waals surface area contributed by atoms with Crippen LogP contribution in [0.5, 0.6) is 0 Å². The zero-order valence-electron chi connectivity index (χ0n) is 11.8. The number of aliphatic imine (C=N–C) groups is 1. The minimum atomic E-state index is -0.829. The molecule has 0 unspecified atom stereocenters. The molecule has 0 radical (unpaired) electrons. The molecular formula is C16H16FN3O2. The van der Waals surface area contributed by atoms with Crippen LogP contribution in [0, 0.1) is 5.82 Å². The second-order valence-electron chi connectivity index (χ2n) is 4.55. The molecule has 6 heteroatoms. The maximum absolute atomic E-state index is 13.6. The first-order chi connectivity index (χ1) is 10.6. The summed E-state index contributed by atoms with van der Waals surface area (Å²) in [6.07, 6.45) is -0.829. The maximum atomic E-state index is 13.6. The second kappa shape index (κ2) is 7.33. The fourth-order valence-corrected chi connectivity index (χ4v) is 1.79. The van der Waals surface area contributed by atoms with Gasteiger partial charge in [0.1, 0.15) is 18.3 Å². The minimum Gasteiger partial charge on any atom is -0.443 e. The Morgan fingerprint density at radius 1 is 1.18 bits per heavy atom. The first-order valence-electron chi connectivity index (χ1n) is 6.64. The molecule has 0 heterocycles. The van der Waals surface area contributed by atoms with Crippen LogP contribution in [-0.4, -0.2) is 11.9 Å². The van der Waals surface area contributed by atoms with Gasteiger partial charge in [-0.15, -0.1) is 0 Å². The molecule has 114 valence electrons. The Balaban J connectivity index is 2.01. The number of amides is 1. The average molecular weight is 301 g/mol. The van der Waals surface area contributed by atoms with E-state index in [1.165, 1.54) is 12.1 Å². The summed E-state index contributed by atoms with van der Waals surface area (Å²) >= 11 is 0. The first-order valence-corrected chi connectivity index (χ1v) is 6.64. The minimum absolute atomic E-state index is 0.0856. The summed E-state index contributed by atoms with van der Waals surface area (Å²) in [6.45, 7) is 0.180. The lowest BCUT2D eigenvalue weighted by Gasteiger charge is -2.05. The summed E-state index contributed by atoms with van der Waals surface area (Å²) in [7, 11) is 0. The lowest BCUT2D eigenvalue weighted by Crippen LogP contribution is -2.17. The molecule has 0 aliphatic carbocycles. The van der Waals surface area contributed by atoms with Gasteiger partial charge >= 0.3 is 6.09 Å². The molecule has 5 nitrogen and oxygen atoms in total. The lowest BCUT2D eigenvalue weighted by molar-refractivity contribution is 0.151. The van der Waals surface area contributed by atoms with Crippen LogP contribution in [0.3, 0.4) is 0 Å². The zero-order chi connectivity index (χ0) is 15.9. The Morgan fingerprint density at radius 2 is 1.91 bits per heavy atom. The highest BCUT2D eigenvalue weighted by Crippen LogP contribution is 2.10. The second-order valence-corrected chi connectivity index (χ2v) is 4.55. The number of halogens is 1. The van der Waals surface area contributed by atoms with E-state index in [1.54, 1.807) is 6.07 Å². The molecular weight excluding hydrogens is 285 g/mol. The molecule has 0 aliphatic heterocycles. The molecule has 22 heavy (non-hydrogen) atoms. The van der Waals surface area contributed by atoms with Gasteiger partial charge in [-0.1, -0.05) is 42.5 Å². The third-order valence-electron chi connectivity index (χ3n) is 2.99. The number of hydrogen-bond acceptors (Lipinski definition) is 3. The number of hydrogen-bond donors (Lipinski definition) is 2. The summed E-state index contributed by atoms with van der Waals surface area (Å²) < 4.78 is 18.6. The van der Waals surface area contributed by atoms with Crippen LogP contribution in [-0.2, 0) is 17.9 Å². The van der Waals surface area contributed by atoms with E-state index in [1.807, 2.05) is 30.3 Å². The first kappa shape index (κ1) is 15.7. The highest BCUT2D eigenvalue weighted by molar-refractivity contribution is 6.02. The van der Waals surface area contributed by atoms with Crippen molar-refractivity contribution in [1.29, 1.82) is 0 Å². The van der Waals surface area contributed by atoms with E-state index in [2.05, 4.69) is 4.99 Å². The van der Waals surface area contributed by atoms with Gasteiger partial charge in [0.05, 0.1) is 0 Å². The highest BCUT2D eigenvalue weighted by Gasteiger charge is 2.08. The largest absolute Gasteiger partial charge is 0.443 e. The molecule has 0 atom stereocenters. The fraction of sp³-hybridized carbons (Fsp3) is 0.125. The van der Waals surface area contributed by atoms with Crippen LogP contribution in [0.2, 0.25) is 0 Å². The van der Waals surface area contributed by atoms with Crippen LogP contribution in [0.4, 0.5) is 9.18 Å².